The number of nitrogens with one attached hydrogen (secondary N) is 2. The van der Waals surface area contributed by atoms with Gasteiger partial charge in [-0.2, -0.15) is 5.10 Å². The van der Waals surface area contributed by atoms with Crippen LogP contribution in [0.2, 0.25) is 0 Å². The molecule has 0 bridgehead atoms. The number of pyridine rings is 2. The molecule has 4 aromatic heterocycles. The molecule has 10 heteroatoms. The Morgan fingerprint density at radius 1 is 1.21 bits per heavy atom. The van der Waals surface area contributed by atoms with Gasteiger partial charge in [0.05, 0.1) is 29.4 Å². The molecule has 1 aliphatic heterocycles. The molecule has 5 heterocycles. The van der Waals surface area contributed by atoms with Gasteiger partial charge in [0.1, 0.15) is 5.69 Å². The predicted molar refractivity (Wildman–Crippen MR) is 122 cm³/mol. The third-order valence-electron chi connectivity index (χ3n) is 6.13. The van der Waals surface area contributed by atoms with E-state index in [1.165, 1.54) is 6.26 Å². The highest BCUT2D eigenvalue weighted by Crippen LogP contribution is 2.29. The van der Waals surface area contributed by atoms with Crippen molar-refractivity contribution in [1.29, 1.82) is 0 Å². The molecule has 0 atom stereocenters. The first-order valence-corrected chi connectivity index (χ1v) is 10.7. The quantitative estimate of drug-likeness (QED) is 0.429. The minimum Gasteiger partial charge on any atom is -0.459 e. The normalized spacial score (nSPS) is 13.6. The van der Waals surface area contributed by atoms with Crippen molar-refractivity contribution >= 4 is 27.8 Å². The number of hydrogen-bond donors (Lipinski definition) is 2. The second-order valence-corrected chi connectivity index (χ2v) is 8.25. The van der Waals surface area contributed by atoms with Crippen LogP contribution in [0, 0.1) is 5.82 Å². The number of aromatic amines is 1. The van der Waals surface area contributed by atoms with Crippen LogP contribution in [0.3, 0.4) is 0 Å². The third-order valence-corrected chi connectivity index (χ3v) is 6.13. The molecule has 0 saturated heterocycles. The lowest BCUT2D eigenvalue weighted by Crippen LogP contribution is -2.19. The van der Waals surface area contributed by atoms with Gasteiger partial charge in [-0.3, -0.25) is 14.5 Å². The van der Waals surface area contributed by atoms with Crippen molar-refractivity contribution < 1.29 is 13.6 Å². The van der Waals surface area contributed by atoms with Crippen molar-refractivity contribution in [3.8, 4) is 5.69 Å². The molecule has 5 aromatic rings. The Balaban J connectivity index is 1.22. The number of aromatic nitrogens is 4. The van der Waals surface area contributed by atoms with Gasteiger partial charge in [0.15, 0.2) is 11.4 Å². The lowest BCUT2D eigenvalue weighted by atomic mass is 10.1. The molecule has 0 unspecified atom stereocenters. The van der Waals surface area contributed by atoms with Crippen LogP contribution >= 0.6 is 0 Å². The molecule has 6 rings (SSSR count). The number of H-pyrrole nitrogens is 1. The van der Waals surface area contributed by atoms with Crippen LogP contribution in [0.4, 0.5) is 4.39 Å². The Morgan fingerprint density at radius 2 is 2.09 bits per heavy atom. The van der Waals surface area contributed by atoms with Crippen molar-refractivity contribution in [2.24, 2.45) is 0 Å². The fourth-order valence-corrected chi connectivity index (χ4v) is 4.44. The van der Waals surface area contributed by atoms with E-state index in [1.807, 2.05) is 12.3 Å². The molecule has 2 N–H and O–H groups in total. The number of halogens is 1. The molecule has 1 aromatic carbocycles. The standard InChI is InChI=1S/C24H19FN6O3/c1-26-23(32)18-5-3-15(8-27-18)31-11-14-10-30(12-19(14)29-31)9-13-2-4-16-17-6-7-34-22(17)24(33)28-21(16)20(13)25/h2-8,11H,9-10,12H2,1H3,(H,26,32)(H,28,33). The van der Waals surface area contributed by atoms with Crippen molar-refractivity contribution in [2.75, 3.05) is 7.05 Å². The van der Waals surface area contributed by atoms with Crippen LogP contribution in [-0.2, 0) is 19.6 Å². The Hall–Kier alpha value is -4.31. The zero-order valence-electron chi connectivity index (χ0n) is 18.1. The van der Waals surface area contributed by atoms with Crippen LogP contribution in [0.1, 0.15) is 27.3 Å². The van der Waals surface area contributed by atoms with Crippen LogP contribution in [-0.4, -0.2) is 37.6 Å². The number of carbonyl (C=O) groups excluding carboxylic acids is 1. The second-order valence-electron chi connectivity index (χ2n) is 8.25. The highest BCUT2D eigenvalue weighted by molar-refractivity contribution is 6.03. The third kappa shape index (κ3) is 3.19. The van der Waals surface area contributed by atoms with Crippen molar-refractivity contribution in [3.63, 3.8) is 0 Å². The molecule has 1 amide bonds. The fourth-order valence-electron chi connectivity index (χ4n) is 4.44. The van der Waals surface area contributed by atoms with Crippen LogP contribution in [0.25, 0.3) is 27.6 Å². The first-order chi connectivity index (χ1) is 16.5. The van der Waals surface area contributed by atoms with Gasteiger partial charge in [0.2, 0.25) is 0 Å². The molecule has 9 nitrogen and oxygen atoms in total. The Labute approximate surface area is 191 Å². The molecule has 0 fully saturated rings. The van der Waals surface area contributed by atoms with E-state index in [1.54, 1.807) is 42.2 Å². The van der Waals surface area contributed by atoms with Crippen LogP contribution < -0.4 is 10.9 Å². The van der Waals surface area contributed by atoms with Gasteiger partial charge in [-0.05, 0) is 18.2 Å². The number of carbonyl (C=O) groups is 1. The van der Waals surface area contributed by atoms with Crippen LogP contribution in [0.5, 0.6) is 0 Å². The van der Waals surface area contributed by atoms with Gasteiger partial charge in [-0.25, -0.2) is 14.1 Å². The molecule has 0 saturated carbocycles. The highest BCUT2D eigenvalue weighted by atomic mass is 19.1. The molecular formula is C24H19FN6O3. The van der Waals surface area contributed by atoms with Gasteiger partial charge in [-0.15, -0.1) is 0 Å². The number of amides is 1. The molecule has 0 radical (unpaired) electrons. The topological polar surface area (TPSA) is 109 Å². The summed E-state index contributed by atoms with van der Waals surface area (Å²) in [5.41, 5.74) is 3.48. The summed E-state index contributed by atoms with van der Waals surface area (Å²) in [6.45, 7) is 1.57. The summed E-state index contributed by atoms with van der Waals surface area (Å²) in [4.78, 5) is 32.8. The molecule has 34 heavy (non-hydrogen) atoms. The van der Waals surface area contributed by atoms with Gasteiger partial charge in [-0.1, -0.05) is 12.1 Å². The zero-order valence-corrected chi connectivity index (χ0v) is 18.1. The molecular weight excluding hydrogens is 439 g/mol. The first-order valence-electron chi connectivity index (χ1n) is 10.7. The van der Waals surface area contributed by atoms with Crippen molar-refractivity contribution in [1.82, 2.24) is 30.0 Å². The van der Waals surface area contributed by atoms with Gasteiger partial charge < -0.3 is 14.7 Å². The SMILES string of the molecule is CNC(=O)c1ccc(-n2cc3c(n2)CN(Cc2ccc4c([nH]c(=O)c5occc54)c2F)C3)cn1. The number of rotatable bonds is 4. The van der Waals surface area contributed by atoms with E-state index in [4.69, 9.17) is 4.42 Å². The van der Waals surface area contributed by atoms with Gasteiger partial charge >= 0.3 is 0 Å². The number of hydrogen-bond acceptors (Lipinski definition) is 6. The maximum atomic E-state index is 15.3. The Bertz CT molecular complexity index is 1610. The van der Waals surface area contributed by atoms with E-state index in [2.05, 4.69) is 25.3 Å². The highest BCUT2D eigenvalue weighted by Gasteiger charge is 2.25. The zero-order chi connectivity index (χ0) is 23.4. The maximum absolute atomic E-state index is 15.3. The number of furan rings is 1. The predicted octanol–water partition coefficient (Wildman–Crippen LogP) is 2.87. The monoisotopic (exact) mass is 458 g/mol. The summed E-state index contributed by atoms with van der Waals surface area (Å²) >= 11 is 0. The van der Waals surface area contributed by atoms with E-state index in [-0.39, 0.29) is 17.0 Å². The summed E-state index contributed by atoms with van der Waals surface area (Å²) in [5.74, 6) is -0.682. The van der Waals surface area contributed by atoms with E-state index < -0.39 is 11.4 Å². The largest absolute Gasteiger partial charge is 0.459 e. The van der Waals surface area contributed by atoms with E-state index in [9.17, 15) is 9.59 Å². The van der Waals surface area contributed by atoms with Crippen molar-refractivity contribution in [2.45, 2.75) is 19.6 Å². The summed E-state index contributed by atoms with van der Waals surface area (Å²) in [7, 11) is 1.56. The lowest BCUT2D eigenvalue weighted by Gasteiger charge is -2.16. The molecule has 0 aliphatic carbocycles. The summed E-state index contributed by atoms with van der Waals surface area (Å²) < 4.78 is 22.3. The lowest BCUT2D eigenvalue weighted by molar-refractivity contribution is 0.0958. The van der Waals surface area contributed by atoms with E-state index in [0.717, 1.165) is 16.9 Å². The number of fused-ring (bicyclic) bond motifs is 4. The van der Waals surface area contributed by atoms with Crippen LogP contribution in [0.15, 0.2) is 58.2 Å². The summed E-state index contributed by atoms with van der Waals surface area (Å²) in [5, 5.41) is 8.39. The second kappa shape index (κ2) is 7.63. The number of benzene rings is 1. The maximum Gasteiger partial charge on any atom is 0.292 e. The Kier molecular flexibility index (Phi) is 4.56. The molecule has 170 valence electrons. The average Bonchev–Trinajstić information content (AvgIpc) is 3.56. The summed E-state index contributed by atoms with van der Waals surface area (Å²) in [6, 6.07) is 8.67. The smallest absolute Gasteiger partial charge is 0.292 e. The molecule has 1 aliphatic rings. The van der Waals surface area contributed by atoms with Crippen molar-refractivity contribution in [3.05, 3.63) is 87.7 Å². The fraction of sp³-hybridized carbons (Fsp3) is 0.167. The Morgan fingerprint density at radius 3 is 2.85 bits per heavy atom. The minimum absolute atomic E-state index is 0.186. The first kappa shape index (κ1) is 20.3. The number of nitrogens with zero attached hydrogens (tertiary/aromatic N) is 4. The van der Waals surface area contributed by atoms with E-state index in [0.29, 0.717) is 41.7 Å². The molecule has 0 spiro atoms. The van der Waals surface area contributed by atoms with Gasteiger partial charge in [0.25, 0.3) is 11.5 Å². The van der Waals surface area contributed by atoms with E-state index >= 15 is 4.39 Å². The van der Waals surface area contributed by atoms with Gasteiger partial charge in [0, 0.05) is 54.8 Å². The average molecular weight is 458 g/mol. The summed E-state index contributed by atoms with van der Waals surface area (Å²) in [6.07, 6.45) is 4.96. The minimum atomic E-state index is -0.447.